The Bertz CT molecular complexity index is 1190. The molecule has 9 nitrogen and oxygen atoms in total. The molecule has 2 amide bonds. The molecule has 4 rings (SSSR count). The van der Waals surface area contributed by atoms with Crippen LogP contribution in [0, 0.1) is 11.3 Å². The number of rotatable bonds is 9. The lowest BCUT2D eigenvalue weighted by Gasteiger charge is -2.32. The molecule has 3 fully saturated rings. The molecular weight excluding hydrogens is 612 g/mol. The predicted molar refractivity (Wildman–Crippen MR) is 173 cm³/mol. The van der Waals surface area contributed by atoms with Gasteiger partial charge >= 0.3 is 6.18 Å². The lowest BCUT2D eigenvalue weighted by atomic mass is 10.0. The van der Waals surface area contributed by atoms with Crippen LogP contribution >= 0.6 is 24.8 Å². The second-order valence-corrected chi connectivity index (χ2v) is 12.7. The van der Waals surface area contributed by atoms with Gasteiger partial charge in [-0.25, -0.2) is 0 Å². The summed E-state index contributed by atoms with van der Waals surface area (Å²) in [5.74, 6) is -0.368. The van der Waals surface area contributed by atoms with Crippen LogP contribution in [0.2, 0.25) is 0 Å². The van der Waals surface area contributed by atoms with Gasteiger partial charge in [-0.15, -0.1) is 0 Å². The maximum absolute atomic E-state index is 13.4. The van der Waals surface area contributed by atoms with Crippen LogP contribution in [0.25, 0.3) is 0 Å². The normalized spacial score (nSPS) is 19.5. The summed E-state index contributed by atoms with van der Waals surface area (Å²) >= 11 is 9.24. The number of benzene rings is 1. The van der Waals surface area contributed by atoms with Gasteiger partial charge in [0, 0.05) is 58.9 Å². The molecule has 3 heterocycles. The summed E-state index contributed by atoms with van der Waals surface area (Å²) in [4.78, 5) is 33.3. The number of carbonyl (C=O) groups is 2. The molecule has 0 bridgehead atoms. The zero-order valence-electron chi connectivity index (χ0n) is 25.8. The fourth-order valence-corrected chi connectivity index (χ4v) is 6.21. The Hall–Kier alpha value is -2.44. The number of hydrogen-bond acceptors (Lipinski definition) is 7. The second-order valence-electron chi connectivity index (χ2n) is 11.9. The number of likely N-dealkylation sites (N-methyl/N-ethyl adjacent to an activating group) is 1. The van der Waals surface area contributed by atoms with E-state index in [0.29, 0.717) is 6.54 Å². The lowest BCUT2D eigenvalue weighted by molar-refractivity contribution is -0.137. The monoisotopic (exact) mass is 655 g/mol. The first-order valence-electron chi connectivity index (χ1n) is 15.1. The Balaban J connectivity index is 0.000000502. The van der Waals surface area contributed by atoms with Crippen LogP contribution in [0.1, 0.15) is 57.1 Å². The van der Waals surface area contributed by atoms with Crippen molar-refractivity contribution in [2.45, 2.75) is 57.7 Å². The number of anilines is 1. The van der Waals surface area contributed by atoms with Gasteiger partial charge in [0.1, 0.15) is 5.54 Å². The van der Waals surface area contributed by atoms with E-state index in [4.69, 9.17) is 17.5 Å². The maximum Gasteiger partial charge on any atom is 0.417 e. The molecule has 1 aromatic rings. The van der Waals surface area contributed by atoms with E-state index in [1.54, 1.807) is 29.7 Å². The van der Waals surface area contributed by atoms with E-state index >= 15 is 0 Å². The topological polar surface area (TPSA) is 86.2 Å². The highest BCUT2D eigenvalue weighted by molar-refractivity contribution is 7.96. The zero-order chi connectivity index (χ0) is 32.5. The van der Waals surface area contributed by atoms with Crippen LogP contribution in [-0.4, -0.2) is 114 Å². The minimum atomic E-state index is -4.70. The number of nitrogens with one attached hydrogen (secondary N) is 1. The van der Waals surface area contributed by atoms with Crippen molar-refractivity contribution in [3.8, 4) is 6.07 Å². The summed E-state index contributed by atoms with van der Waals surface area (Å²) in [6.07, 6.45) is 0.560. The minimum Gasteiger partial charge on any atom is -0.334 e. The molecule has 1 aromatic carbocycles. The van der Waals surface area contributed by atoms with E-state index < -0.39 is 22.8 Å². The number of thiol groups is 1. The van der Waals surface area contributed by atoms with Gasteiger partial charge in [-0.1, -0.05) is 31.9 Å². The highest BCUT2D eigenvalue weighted by atomic mass is 32.1. The van der Waals surface area contributed by atoms with E-state index in [9.17, 15) is 22.8 Å². The summed E-state index contributed by atoms with van der Waals surface area (Å²) < 4.78 is 40.3. The van der Waals surface area contributed by atoms with Gasteiger partial charge in [-0.05, 0) is 70.7 Å². The van der Waals surface area contributed by atoms with Gasteiger partial charge in [0.2, 0.25) is 0 Å². The highest BCUT2D eigenvalue weighted by Gasteiger charge is 2.49. The van der Waals surface area contributed by atoms with E-state index in [2.05, 4.69) is 34.8 Å². The molecule has 44 heavy (non-hydrogen) atoms. The quantitative estimate of drug-likeness (QED) is 0.230. The van der Waals surface area contributed by atoms with Crippen molar-refractivity contribution in [2.24, 2.45) is 0 Å². The number of thiocarbonyl (C=S) groups is 1. The summed E-state index contributed by atoms with van der Waals surface area (Å²) in [7, 11) is 2.15. The molecule has 0 radical (unpaired) electrons. The van der Waals surface area contributed by atoms with Crippen molar-refractivity contribution in [1.82, 2.24) is 24.9 Å². The summed E-state index contributed by atoms with van der Waals surface area (Å²) in [6, 6.07) is 4.84. The van der Waals surface area contributed by atoms with Gasteiger partial charge in [-0.2, -0.15) is 18.4 Å². The van der Waals surface area contributed by atoms with Gasteiger partial charge in [0.05, 0.1) is 22.9 Å². The summed E-state index contributed by atoms with van der Waals surface area (Å²) in [5, 5.41) is 12.3. The average Bonchev–Trinajstić information content (AvgIpc) is 3.16. The molecule has 0 spiro atoms. The number of piperazine rings is 2. The Morgan fingerprint density at radius 1 is 1.02 bits per heavy atom. The predicted octanol–water partition coefficient (Wildman–Crippen LogP) is 4.43. The van der Waals surface area contributed by atoms with Gasteiger partial charge in [-0.3, -0.25) is 14.5 Å². The summed E-state index contributed by atoms with van der Waals surface area (Å²) in [5.41, 5.74) is -2.47. The molecule has 14 heteroatoms. The Morgan fingerprint density at radius 3 is 2.16 bits per heavy atom. The van der Waals surface area contributed by atoms with Gasteiger partial charge in [0.25, 0.3) is 11.1 Å². The molecule has 3 aliphatic heterocycles. The van der Waals surface area contributed by atoms with E-state index in [-0.39, 0.29) is 21.9 Å². The molecule has 0 saturated carbocycles. The molecule has 0 aromatic heterocycles. The van der Waals surface area contributed by atoms with Crippen LogP contribution in [0.4, 0.5) is 23.7 Å². The number of nitriles is 1. The fourth-order valence-electron chi connectivity index (χ4n) is 5.51. The van der Waals surface area contributed by atoms with Gasteiger partial charge < -0.3 is 24.9 Å². The number of nitrogens with zero attached hydrogens (tertiary/aromatic N) is 6. The molecule has 0 aliphatic carbocycles. The SMILES string of the molecule is CN1CCN(CCCCCCCN2C(=S)N(c3ccc(C#N)c(C(F)(F)F)c3)C(=O)C2(C)C)CC1.O=C(S)N1CCNCC1. The second kappa shape index (κ2) is 16.2. The molecular formula is C30H44F3N7O2S2. The Morgan fingerprint density at radius 2 is 1.61 bits per heavy atom. The Kier molecular flexibility index (Phi) is 13.3. The standard InChI is InChI=1S/C25H34F3N5OS.C5H10N2OS/c1-24(2)22(34)33(20-10-9-19(18-29)21(17-20)25(26,27)28)23(35)32(24)12-8-6-4-5-7-11-31-15-13-30(3)14-16-31;8-5(9)7-3-1-6-2-4-7/h9-10,17H,4-8,11-16H2,1-3H3;6H,1-4H2,(H,8,9). The minimum absolute atomic E-state index is 0.0332. The molecule has 3 aliphatic rings. The third-order valence-electron chi connectivity index (χ3n) is 8.35. The molecule has 0 atom stereocenters. The number of amides is 2. The van der Waals surface area contributed by atoms with Crippen molar-refractivity contribution in [3.05, 3.63) is 29.3 Å². The number of hydrogen-bond donors (Lipinski definition) is 2. The van der Waals surface area contributed by atoms with Crippen LogP contribution in [0.5, 0.6) is 0 Å². The van der Waals surface area contributed by atoms with Crippen molar-refractivity contribution < 1.29 is 22.8 Å². The molecule has 0 unspecified atom stereocenters. The Labute approximate surface area is 269 Å². The number of unbranched alkanes of at least 4 members (excludes halogenated alkanes) is 4. The van der Waals surface area contributed by atoms with Crippen molar-refractivity contribution in [1.29, 1.82) is 5.26 Å². The van der Waals surface area contributed by atoms with E-state index in [1.807, 2.05) is 0 Å². The fraction of sp³-hybridized carbons (Fsp3) is 0.667. The van der Waals surface area contributed by atoms with Crippen LogP contribution < -0.4 is 10.2 Å². The largest absolute Gasteiger partial charge is 0.417 e. The van der Waals surface area contributed by atoms with Gasteiger partial charge in [0.15, 0.2) is 5.11 Å². The maximum atomic E-state index is 13.4. The van der Waals surface area contributed by atoms with Crippen LogP contribution in [0.3, 0.4) is 0 Å². The number of carbonyl (C=O) groups excluding carboxylic acids is 2. The van der Waals surface area contributed by atoms with Crippen LogP contribution in [-0.2, 0) is 11.0 Å². The van der Waals surface area contributed by atoms with Crippen molar-refractivity contribution in [3.63, 3.8) is 0 Å². The first-order chi connectivity index (χ1) is 20.8. The number of alkyl halides is 3. The number of halogens is 3. The van der Waals surface area contributed by atoms with Crippen LogP contribution in [0.15, 0.2) is 18.2 Å². The smallest absolute Gasteiger partial charge is 0.334 e. The molecule has 3 saturated heterocycles. The lowest BCUT2D eigenvalue weighted by Crippen LogP contribution is -2.44. The highest BCUT2D eigenvalue weighted by Crippen LogP contribution is 2.38. The van der Waals surface area contributed by atoms with E-state index in [0.717, 1.165) is 96.7 Å². The third-order valence-corrected chi connectivity index (χ3v) is 9.04. The van der Waals surface area contributed by atoms with Crippen molar-refractivity contribution >= 4 is 46.8 Å². The first kappa shape index (κ1) is 36.0. The van der Waals surface area contributed by atoms with Crippen molar-refractivity contribution in [2.75, 3.05) is 77.4 Å². The molecule has 244 valence electrons. The summed E-state index contributed by atoms with van der Waals surface area (Å²) in [6.45, 7) is 13.1. The first-order valence-corrected chi connectivity index (χ1v) is 16.0. The molecule has 1 N–H and O–H groups in total. The average molecular weight is 656 g/mol. The zero-order valence-corrected chi connectivity index (χ0v) is 27.5. The van der Waals surface area contributed by atoms with E-state index in [1.165, 1.54) is 17.4 Å². The third kappa shape index (κ3) is 9.53.